The van der Waals surface area contributed by atoms with Crippen molar-refractivity contribution in [3.8, 4) is 11.5 Å². The number of rotatable bonds is 2. The van der Waals surface area contributed by atoms with Gasteiger partial charge in [0.15, 0.2) is 0 Å². The Kier molecular flexibility index (Phi) is 10.1. The summed E-state index contributed by atoms with van der Waals surface area (Å²) in [7, 11) is -1.08. The van der Waals surface area contributed by atoms with Crippen LogP contribution >= 0.6 is 15.9 Å². The molecule has 0 rings (SSSR count). The van der Waals surface area contributed by atoms with Crippen molar-refractivity contribution < 1.29 is 2.85 Å². The van der Waals surface area contributed by atoms with Crippen LogP contribution in [0.1, 0.15) is 15.7 Å². The summed E-state index contributed by atoms with van der Waals surface area (Å²) < 4.78 is 0. The quantitative estimate of drug-likeness (QED) is 0.304. The van der Waals surface area contributed by atoms with Crippen LogP contribution in [0.3, 0.4) is 0 Å². The molecule has 0 heterocycles. The van der Waals surface area contributed by atoms with E-state index in [4.69, 9.17) is 0 Å². The van der Waals surface area contributed by atoms with Crippen molar-refractivity contribution in [2.45, 2.75) is 32.5 Å². The molecule has 0 radical (unpaired) electrons. The van der Waals surface area contributed by atoms with Gasteiger partial charge in [-0.15, -0.1) is 11.5 Å². The first-order chi connectivity index (χ1) is 4.56. The minimum absolute atomic E-state index is 0. The van der Waals surface area contributed by atoms with E-state index in [-0.39, 0.29) is 25.9 Å². The summed E-state index contributed by atoms with van der Waals surface area (Å²) in [4.78, 5) is 0. The fourth-order valence-electron chi connectivity index (χ4n) is 0.483. The molecule has 0 amide bonds. The predicted molar refractivity (Wildman–Crippen MR) is 62.1 cm³/mol. The van der Waals surface area contributed by atoms with Gasteiger partial charge in [-0.2, -0.15) is 0 Å². The maximum Gasteiger partial charge on any atom is 2.00 e. The van der Waals surface area contributed by atoms with Crippen LogP contribution < -0.4 is 0 Å². The molecule has 0 atom stereocenters. The van der Waals surface area contributed by atoms with Gasteiger partial charge in [0.05, 0.1) is 0 Å². The average molecular weight is 246 g/mol. The average Bonchev–Trinajstić information content (AvgIpc) is 1.78. The van der Waals surface area contributed by atoms with Gasteiger partial charge in [-0.25, -0.2) is 0 Å². The number of hydrogen-bond acceptors (Lipinski definition) is 0. The van der Waals surface area contributed by atoms with E-state index in [0.29, 0.717) is 0 Å². The summed E-state index contributed by atoms with van der Waals surface area (Å²) in [5, 5.41) is 1.08. The molecule has 0 saturated carbocycles. The number of alkyl halides is 1. The Balaban J connectivity index is -0.000000135. The fraction of sp³-hybridized carbons (Fsp3) is 0.750. The monoisotopic (exact) mass is 244 g/mol. The Bertz CT molecular complexity index is 148. The molecular weight excluding hydrogens is 228 g/mol. The molecule has 0 aliphatic heterocycles. The zero-order chi connectivity index (χ0) is 8.04. The second kappa shape index (κ2) is 7.66. The topological polar surface area (TPSA) is 0 Å². The minimum Gasteiger partial charge on any atom is -1.00 e. The van der Waals surface area contributed by atoms with Gasteiger partial charge in [0, 0.05) is 11.8 Å². The number of hydrogen-bond donors (Lipinski definition) is 0. The molecule has 0 bridgehead atoms. The number of halogens is 1. The minimum atomic E-state index is -1.08. The van der Waals surface area contributed by atoms with E-state index in [1.807, 2.05) is 0 Å². The molecule has 0 unspecified atom stereocenters. The van der Waals surface area contributed by atoms with Crippen LogP contribution in [0.25, 0.3) is 0 Å². The van der Waals surface area contributed by atoms with Crippen molar-refractivity contribution in [2.24, 2.45) is 0 Å². The molecule has 0 aromatic heterocycles. The van der Waals surface area contributed by atoms with Crippen LogP contribution in [0.4, 0.5) is 0 Å². The Hall–Kier alpha value is 1.02. The molecule has 3 heteroatoms. The van der Waals surface area contributed by atoms with E-state index in [0.717, 1.165) is 11.8 Å². The summed E-state index contributed by atoms with van der Waals surface area (Å²) in [6.07, 6.45) is 2.23. The molecule has 0 nitrogen and oxygen atoms in total. The Labute approximate surface area is 98.8 Å². The van der Waals surface area contributed by atoms with Gasteiger partial charge in [0.25, 0.3) is 0 Å². The molecule has 62 valence electrons. The molecule has 0 saturated heterocycles. The molecule has 0 aliphatic rings. The predicted octanol–water partition coefficient (Wildman–Crippen LogP) is 2.89. The molecular formula is C8H17BrMgSi. The van der Waals surface area contributed by atoms with Crippen LogP contribution in [0.15, 0.2) is 0 Å². The molecule has 0 aromatic rings. The van der Waals surface area contributed by atoms with E-state index in [9.17, 15) is 0 Å². The van der Waals surface area contributed by atoms with Crippen molar-refractivity contribution in [3.63, 3.8) is 0 Å². The maximum absolute atomic E-state index is 3.37. The van der Waals surface area contributed by atoms with Gasteiger partial charge in [-0.1, -0.05) is 35.6 Å². The Morgan fingerprint density at radius 1 is 1.36 bits per heavy atom. The SMILES string of the molecule is C[Si](C)(C)C#CCCCBr.[H-].[H-].[Mg+2]. The maximum atomic E-state index is 3.37. The summed E-state index contributed by atoms with van der Waals surface area (Å²) in [5.74, 6) is 3.21. The zero-order valence-electron chi connectivity index (χ0n) is 9.71. The Morgan fingerprint density at radius 2 is 1.91 bits per heavy atom. The third kappa shape index (κ3) is 13.9. The summed E-state index contributed by atoms with van der Waals surface area (Å²) in [5.41, 5.74) is 3.32. The summed E-state index contributed by atoms with van der Waals surface area (Å²) >= 11 is 3.37. The first-order valence-corrected chi connectivity index (χ1v) is 8.24. The molecule has 0 fully saturated rings. The Morgan fingerprint density at radius 3 is 2.27 bits per heavy atom. The third-order valence-electron chi connectivity index (χ3n) is 0.899. The molecule has 0 aromatic carbocycles. The van der Waals surface area contributed by atoms with Crippen molar-refractivity contribution in [1.29, 1.82) is 0 Å². The first kappa shape index (κ1) is 14.5. The van der Waals surface area contributed by atoms with Crippen LogP contribution in [0.2, 0.25) is 19.6 Å². The van der Waals surface area contributed by atoms with Gasteiger partial charge in [-0.05, 0) is 6.42 Å². The van der Waals surface area contributed by atoms with Gasteiger partial charge in [-0.3, -0.25) is 0 Å². The van der Waals surface area contributed by atoms with Crippen LogP contribution in [0.5, 0.6) is 0 Å². The van der Waals surface area contributed by atoms with Gasteiger partial charge in [0.1, 0.15) is 8.07 Å². The molecule has 0 N–H and O–H groups in total. The van der Waals surface area contributed by atoms with Gasteiger partial charge in [0.2, 0.25) is 0 Å². The fourth-order valence-corrected chi connectivity index (χ4v) is 1.42. The van der Waals surface area contributed by atoms with Crippen LogP contribution in [-0.4, -0.2) is 36.5 Å². The summed E-state index contributed by atoms with van der Waals surface area (Å²) in [6.45, 7) is 6.82. The second-order valence-electron chi connectivity index (χ2n) is 3.34. The smallest absolute Gasteiger partial charge is 1.00 e. The normalized spacial score (nSPS) is 9.45. The van der Waals surface area contributed by atoms with E-state index >= 15 is 0 Å². The van der Waals surface area contributed by atoms with E-state index < -0.39 is 8.07 Å². The van der Waals surface area contributed by atoms with Crippen LogP contribution in [-0.2, 0) is 0 Å². The van der Waals surface area contributed by atoms with E-state index in [2.05, 4.69) is 47.0 Å². The summed E-state index contributed by atoms with van der Waals surface area (Å²) in [6, 6.07) is 0. The molecule has 0 spiro atoms. The van der Waals surface area contributed by atoms with Gasteiger partial charge < -0.3 is 2.85 Å². The van der Waals surface area contributed by atoms with Crippen molar-refractivity contribution in [2.75, 3.05) is 5.33 Å². The van der Waals surface area contributed by atoms with Crippen molar-refractivity contribution in [1.82, 2.24) is 0 Å². The molecule has 11 heavy (non-hydrogen) atoms. The first-order valence-electron chi connectivity index (χ1n) is 3.62. The van der Waals surface area contributed by atoms with Crippen molar-refractivity contribution in [3.05, 3.63) is 0 Å². The van der Waals surface area contributed by atoms with Gasteiger partial charge >= 0.3 is 23.1 Å². The van der Waals surface area contributed by atoms with Crippen LogP contribution in [0, 0.1) is 11.5 Å². The zero-order valence-corrected chi connectivity index (χ0v) is 11.7. The standard InChI is InChI=1S/C8H15BrSi.Mg.2H/c1-10(2,3)8-6-4-5-7-9;;;/h4-5,7H2,1-3H3;;;/q;+2;2*-1. The van der Waals surface area contributed by atoms with Crippen molar-refractivity contribution >= 4 is 47.1 Å². The molecule has 0 aliphatic carbocycles. The van der Waals surface area contributed by atoms with E-state index in [1.54, 1.807) is 0 Å². The second-order valence-corrected chi connectivity index (χ2v) is 8.89. The third-order valence-corrected chi connectivity index (χ3v) is 2.39. The largest absolute Gasteiger partial charge is 2.00 e. The number of unbranched alkanes of at least 4 members (excludes halogenated alkanes) is 1. The van der Waals surface area contributed by atoms with E-state index in [1.165, 1.54) is 6.42 Å².